The number of aliphatic hydroxyl groups excluding tert-OH is 1. The molecule has 0 saturated heterocycles. The van der Waals surface area contributed by atoms with Crippen molar-refractivity contribution < 1.29 is 5.11 Å². The van der Waals surface area contributed by atoms with Crippen LogP contribution in [0.3, 0.4) is 0 Å². The second kappa shape index (κ2) is 3.73. The SMILES string of the molecule is CC1CCCC(C(O)C2C3C4CCC(C4)C32)C1. The van der Waals surface area contributed by atoms with Crippen LogP contribution in [0.25, 0.3) is 0 Å². The summed E-state index contributed by atoms with van der Waals surface area (Å²) in [5.74, 6) is 6.20. The molecule has 4 aliphatic rings. The first kappa shape index (κ1) is 10.8. The zero-order valence-corrected chi connectivity index (χ0v) is 11.0. The molecule has 4 aliphatic carbocycles. The first-order valence-corrected chi connectivity index (χ1v) is 7.93. The van der Waals surface area contributed by atoms with E-state index in [0.29, 0.717) is 5.92 Å². The molecular weight excluding hydrogens is 208 g/mol. The maximum absolute atomic E-state index is 10.7. The molecule has 7 unspecified atom stereocenters. The van der Waals surface area contributed by atoms with Crippen LogP contribution in [-0.4, -0.2) is 11.2 Å². The summed E-state index contributed by atoms with van der Waals surface area (Å²) in [4.78, 5) is 0. The number of aliphatic hydroxyl groups is 1. The molecular formula is C16H26O. The summed E-state index contributed by atoms with van der Waals surface area (Å²) >= 11 is 0. The van der Waals surface area contributed by atoms with Crippen LogP contribution in [0.2, 0.25) is 0 Å². The molecule has 4 saturated carbocycles. The average molecular weight is 234 g/mol. The molecule has 17 heavy (non-hydrogen) atoms. The van der Waals surface area contributed by atoms with Crippen LogP contribution in [0.1, 0.15) is 51.9 Å². The fraction of sp³-hybridized carbons (Fsp3) is 1.00. The van der Waals surface area contributed by atoms with E-state index in [9.17, 15) is 5.11 Å². The normalized spacial score (nSPS) is 57.9. The zero-order chi connectivity index (χ0) is 11.6. The minimum Gasteiger partial charge on any atom is -0.393 e. The second-order valence-corrected chi connectivity index (χ2v) is 7.59. The maximum atomic E-state index is 10.7. The van der Waals surface area contributed by atoms with Crippen LogP contribution < -0.4 is 0 Å². The molecule has 0 aromatic rings. The Bertz CT molecular complexity index is 297. The second-order valence-electron chi connectivity index (χ2n) is 7.59. The lowest BCUT2D eigenvalue weighted by Gasteiger charge is -2.31. The molecule has 1 nitrogen and oxygen atoms in total. The van der Waals surface area contributed by atoms with Crippen molar-refractivity contribution in [1.82, 2.24) is 0 Å². The van der Waals surface area contributed by atoms with E-state index < -0.39 is 0 Å². The predicted octanol–water partition coefficient (Wildman–Crippen LogP) is 3.47. The average Bonchev–Trinajstić information content (AvgIpc) is 2.76. The van der Waals surface area contributed by atoms with Crippen molar-refractivity contribution in [2.45, 2.75) is 58.0 Å². The summed E-state index contributed by atoms with van der Waals surface area (Å²) in [5, 5.41) is 10.7. The van der Waals surface area contributed by atoms with Gasteiger partial charge in [0.1, 0.15) is 0 Å². The van der Waals surface area contributed by atoms with Gasteiger partial charge in [-0.15, -0.1) is 0 Å². The van der Waals surface area contributed by atoms with E-state index in [2.05, 4.69) is 6.92 Å². The molecule has 2 bridgehead atoms. The van der Waals surface area contributed by atoms with Crippen LogP contribution in [0.4, 0.5) is 0 Å². The Balaban J connectivity index is 1.43. The van der Waals surface area contributed by atoms with Gasteiger partial charge in [0.2, 0.25) is 0 Å². The van der Waals surface area contributed by atoms with E-state index in [1.807, 2.05) is 0 Å². The van der Waals surface area contributed by atoms with E-state index >= 15 is 0 Å². The Hall–Kier alpha value is -0.0400. The van der Waals surface area contributed by atoms with Gasteiger partial charge in [-0.25, -0.2) is 0 Å². The summed E-state index contributed by atoms with van der Waals surface area (Å²) < 4.78 is 0. The van der Waals surface area contributed by atoms with Gasteiger partial charge in [-0.2, -0.15) is 0 Å². The highest BCUT2D eigenvalue weighted by atomic mass is 16.3. The number of rotatable bonds is 2. The fourth-order valence-corrected chi connectivity index (χ4v) is 5.95. The highest BCUT2D eigenvalue weighted by Crippen LogP contribution is 2.71. The summed E-state index contributed by atoms with van der Waals surface area (Å²) in [6.07, 6.45) is 9.90. The minimum atomic E-state index is 0.0659. The first-order valence-electron chi connectivity index (χ1n) is 7.93. The molecule has 4 rings (SSSR count). The highest BCUT2D eigenvalue weighted by Gasteiger charge is 2.67. The highest BCUT2D eigenvalue weighted by molar-refractivity contribution is 5.15. The lowest BCUT2D eigenvalue weighted by molar-refractivity contribution is 0.0403. The molecule has 4 fully saturated rings. The van der Waals surface area contributed by atoms with Crippen molar-refractivity contribution in [2.24, 2.45) is 41.4 Å². The molecule has 96 valence electrons. The van der Waals surface area contributed by atoms with E-state index in [4.69, 9.17) is 0 Å². The minimum absolute atomic E-state index is 0.0659. The van der Waals surface area contributed by atoms with Gasteiger partial charge in [-0.05, 0) is 73.5 Å². The van der Waals surface area contributed by atoms with Crippen molar-refractivity contribution in [2.75, 3.05) is 0 Å². The molecule has 7 atom stereocenters. The molecule has 0 aliphatic heterocycles. The Morgan fingerprint density at radius 2 is 1.65 bits per heavy atom. The van der Waals surface area contributed by atoms with Crippen LogP contribution in [-0.2, 0) is 0 Å². The van der Waals surface area contributed by atoms with Crippen LogP contribution >= 0.6 is 0 Å². The van der Waals surface area contributed by atoms with E-state index in [1.165, 1.54) is 44.9 Å². The van der Waals surface area contributed by atoms with Gasteiger partial charge in [0.25, 0.3) is 0 Å². The monoisotopic (exact) mass is 234 g/mol. The molecule has 1 heteroatoms. The Kier molecular flexibility index (Phi) is 2.38. The Labute approximate surface area is 105 Å². The first-order chi connectivity index (χ1) is 8.25. The lowest BCUT2D eigenvalue weighted by Crippen LogP contribution is -2.29. The van der Waals surface area contributed by atoms with Crippen molar-refractivity contribution in [3.8, 4) is 0 Å². The van der Waals surface area contributed by atoms with Crippen LogP contribution in [0.5, 0.6) is 0 Å². The van der Waals surface area contributed by atoms with Gasteiger partial charge in [-0.3, -0.25) is 0 Å². The van der Waals surface area contributed by atoms with Crippen molar-refractivity contribution >= 4 is 0 Å². The molecule has 1 N–H and O–H groups in total. The summed E-state index contributed by atoms with van der Waals surface area (Å²) in [6.45, 7) is 2.37. The fourth-order valence-electron chi connectivity index (χ4n) is 5.95. The van der Waals surface area contributed by atoms with Gasteiger partial charge in [-0.1, -0.05) is 19.8 Å². The van der Waals surface area contributed by atoms with Gasteiger partial charge >= 0.3 is 0 Å². The van der Waals surface area contributed by atoms with Gasteiger partial charge in [0.05, 0.1) is 6.10 Å². The summed E-state index contributed by atoms with van der Waals surface area (Å²) in [7, 11) is 0. The third-order valence-corrected chi connectivity index (χ3v) is 6.65. The lowest BCUT2D eigenvalue weighted by atomic mass is 9.77. The molecule has 0 heterocycles. The van der Waals surface area contributed by atoms with Gasteiger partial charge in [0, 0.05) is 0 Å². The van der Waals surface area contributed by atoms with Crippen LogP contribution in [0, 0.1) is 41.4 Å². The van der Waals surface area contributed by atoms with E-state index in [1.54, 1.807) is 0 Å². The van der Waals surface area contributed by atoms with E-state index in [0.717, 1.165) is 35.5 Å². The Morgan fingerprint density at radius 3 is 2.29 bits per heavy atom. The number of hydrogen-bond donors (Lipinski definition) is 1. The van der Waals surface area contributed by atoms with Crippen molar-refractivity contribution in [1.29, 1.82) is 0 Å². The molecule has 0 radical (unpaired) electrons. The molecule has 0 spiro atoms. The third kappa shape index (κ3) is 1.54. The largest absolute Gasteiger partial charge is 0.393 e. The molecule has 0 aromatic heterocycles. The quantitative estimate of drug-likeness (QED) is 0.775. The van der Waals surface area contributed by atoms with Crippen molar-refractivity contribution in [3.05, 3.63) is 0 Å². The van der Waals surface area contributed by atoms with Crippen LogP contribution in [0.15, 0.2) is 0 Å². The van der Waals surface area contributed by atoms with E-state index in [-0.39, 0.29) is 6.10 Å². The molecule has 0 aromatic carbocycles. The standard InChI is InChI=1S/C16H26O/c1-9-3-2-4-12(7-9)16(17)15-13-10-5-6-11(8-10)14(13)15/h9-17H,2-8H2,1H3. The van der Waals surface area contributed by atoms with Gasteiger partial charge < -0.3 is 5.11 Å². The third-order valence-electron chi connectivity index (χ3n) is 6.65. The Morgan fingerprint density at radius 1 is 0.941 bits per heavy atom. The van der Waals surface area contributed by atoms with Gasteiger partial charge in [0.15, 0.2) is 0 Å². The summed E-state index contributed by atoms with van der Waals surface area (Å²) in [6, 6.07) is 0. The number of fused-ring (bicyclic) bond motifs is 5. The maximum Gasteiger partial charge on any atom is 0.0602 e. The topological polar surface area (TPSA) is 20.2 Å². The molecule has 0 amide bonds. The zero-order valence-electron chi connectivity index (χ0n) is 11.0. The smallest absolute Gasteiger partial charge is 0.0602 e. The van der Waals surface area contributed by atoms with Crippen molar-refractivity contribution in [3.63, 3.8) is 0 Å². The summed E-state index contributed by atoms with van der Waals surface area (Å²) in [5.41, 5.74) is 0. The predicted molar refractivity (Wildman–Crippen MR) is 68.4 cm³/mol. The number of hydrogen-bond acceptors (Lipinski definition) is 1.